The normalized spacial score (nSPS) is 10.6. The molecule has 4 nitrogen and oxygen atoms in total. The predicted molar refractivity (Wildman–Crippen MR) is 100 cm³/mol. The lowest BCUT2D eigenvalue weighted by atomic mass is 10.1. The van der Waals surface area contributed by atoms with E-state index >= 15 is 0 Å². The summed E-state index contributed by atoms with van der Waals surface area (Å²) >= 11 is 0. The van der Waals surface area contributed by atoms with E-state index in [1.54, 1.807) is 6.07 Å². The minimum Gasteiger partial charge on any atom is -0.493 e. The van der Waals surface area contributed by atoms with Gasteiger partial charge in [-0.05, 0) is 55.7 Å². The molecule has 2 aromatic rings. The molecule has 0 heterocycles. The Balaban J connectivity index is 2.15. The Kier molecular flexibility index (Phi) is 6.87. The van der Waals surface area contributed by atoms with Crippen LogP contribution in [0.15, 0.2) is 42.5 Å². The molecule has 0 unspecified atom stereocenters. The Labute approximate surface area is 150 Å². The van der Waals surface area contributed by atoms with Crippen LogP contribution in [0.1, 0.15) is 42.3 Å². The lowest BCUT2D eigenvalue weighted by Crippen LogP contribution is -2.27. The average Bonchev–Trinajstić information content (AvgIpc) is 2.59. The van der Waals surface area contributed by atoms with Gasteiger partial charge >= 0.3 is 0 Å². The highest BCUT2D eigenvalue weighted by molar-refractivity contribution is 5.94. The lowest BCUT2D eigenvalue weighted by molar-refractivity contribution is 0.0949. The third-order valence-corrected chi connectivity index (χ3v) is 3.68. The van der Waals surface area contributed by atoms with Crippen molar-refractivity contribution in [2.75, 3.05) is 13.2 Å². The SMILES string of the molecule is CCOc1ccc(C(=O)NCC(C)C)cc1COc1cccc(C)c1. The highest BCUT2D eigenvalue weighted by atomic mass is 16.5. The van der Waals surface area contributed by atoms with Gasteiger partial charge < -0.3 is 14.8 Å². The molecule has 0 radical (unpaired) electrons. The molecule has 0 bridgehead atoms. The third kappa shape index (κ3) is 5.82. The summed E-state index contributed by atoms with van der Waals surface area (Å²) in [6.45, 7) is 9.67. The summed E-state index contributed by atoms with van der Waals surface area (Å²) in [4.78, 5) is 12.3. The third-order valence-electron chi connectivity index (χ3n) is 3.68. The molecule has 1 amide bonds. The first-order valence-corrected chi connectivity index (χ1v) is 8.73. The van der Waals surface area contributed by atoms with Crippen molar-refractivity contribution in [2.45, 2.75) is 34.3 Å². The molecule has 0 aliphatic carbocycles. The largest absolute Gasteiger partial charge is 0.493 e. The standard InChI is InChI=1S/C21H27NO3/c1-5-24-20-10-9-17(21(23)22-13-15(2)3)12-18(20)14-25-19-8-6-7-16(4)11-19/h6-12,15H,5,13-14H2,1-4H3,(H,22,23). The second-order valence-electron chi connectivity index (χ2n) is 6.46. The van der Waals surface area contributed by atoms with Crippen LogP contribution >= 0.6 is 0 Å². The number of carbonyl (C=O) groups excluding carboxylic acids is 1. The van der Waals surface area contributed by atoms with Gasteiger partial charge in [-0.15, -0.1) is 0 Å². The molecule has 25 heavy (non-hydrogen) atoms. The topological polar surface area (TPSA) is 47.6 Å². The second-order valence-corrected chi connectivity index (χ2v) is 6.46. The van der Waals surface area contributed by atoms with Gasteiger partial charge in [-0.1, -0.05) is 26.0 Å². The van der Waals surface area contributed by atoms with Gasteiger partial charge in [0.1, 0.15) is 18.1 Å². The Bertz CT molecular complexity index is 710. The van der Waals surface area contributed by atoms with E-state index in [2.05, 4.69) is 19.2 Å². The molecule has 0 saturated carbocycles. The summed E-state index contributed by atoms with van der Waals surface area (Å²) in [5, 5.41) is 2.94. The van der Waals surface area contributed by atoms with Crippen molar-refractivity contribution in [1.29, 1.82) is 0 Å². The van der Waals surface area contributed by atoms with Crippen LogP contribution in [0, 0.1) is 12.8 Å². The zero-order chi connectivity index (χ0) is 18.2. The number of aryl methyl sites for hydroxylation is 1. The van der Waals surface area contributed by atoms with E-state index in [0.717, 1.165) is 22.6 Å². The van der Waals surface area contributed by atoms with E-state index in [1.165, 1.54) is 0 Å². The fourth-order valence-corrected chi connectivity index (χ4v) is 2.39. The Morgan fingerprint density at radius 3 is 2.60 bits per heavy atom. The van der Waals surface area contributed by atoms with Crippen LogP contribution in [0.2, 0.25) is 0 Å². The molecule has 0 atom stereocenters. The fraction of sp³-hybridized carbons (Fsp3) is 0.381. The van der Waals surface area contributed by atoms with Crippen molar-refractivity contribution in [3.05, 3.63) is 59.2 Å². The number of hydrogen-bond acceptors (Lipinski definition) is 3. The van der Waals surface area contributed by atoms with Gasteiger partial charge in [-0.25, -0.2) is 0 Å². The molecule has 0 aromatic heterocycles. The van der Waals surface area contributed by atoms with E-state index < -0.39 is 0 Å². The van der Waals surface area contributed by atoms with Crippen LogP contribution in [0.25, 0.3) is 0 Å². The van der Waals surface area contributed by atoms with E-state index in [4.69, 9.17) is 9.47 Å². The van der Waals surface area contributed by atoms with Crippen molar-refractivity contribution in [3.63, 3.8) is 0 Å². The molecule has 0 fully saturated rings. The van der Waals surface area contributed by atoms with Gasteiger partial charge in [0.05, 0.1) is 6.61 Å². The zero-order valence-corrected chi connectivity index (χ0v) is 15.5. The monoisotopic (exact) mass is 341 g/mol. The molecular formula is C21H27NO3. The Morgan fingerprint density at radius 1 is 1.12 bits per heavy atom. The van der Waals surface area contributed by atoms with Gasteiger partial charge in [0.2, 0.25) is 0 Å². The maximum Gasteiger partial charge on any atom is 0.251 e. The number of hydrogen-bond donors (Lipinski definition) is 1. The quantitative estimate of drug-likeness (QED) is 0.776. The van der Waals surface area contributed by atoms with Crippen LogP contribution in [-0.2, 0) is 6.61 Å². The van der Waals surface area contributed by atoms with Gasteiger partial charge in [0, 0.05) is 17.7 Å². The number of ether oxygens (including phenoxy) is 2. The zero-order valence-electron chi connectivity index (χ0n) is 15.5. The van der Waals surface area contributed by atoms with Gasteiger partial charge in [0.25, 0.3) is 5.91 Å². The molecule has 4 heteroatoms. The number of carbonyl (C=O) groups is 1. The first-order chi connectivity index (χ1) is 12.0. The molecule has 2 aromatic carbocycles. The summed E-state index contributed by atoms with van der Waals surface area (Å²) in [6, 6.07) is 13.4. The molecule has 0 spiro atoms. The summed E-state index contributed by atoms with van der Waals surface area (Å²) in [5.41, 5.74) is 2.62. The van der Waals surface area contributed by atoms with Gasteiger partial charge in [-0.3, -0.25) is 4.79 Å². The summed E-state index contributed by atoms with van der Waals surface area (Å²) in [5.74, 6) is 1.89. The first-order valence-electron chi connectivity index (χ1n) is 8.73. The summed E-state index contributed by atoms with van der Waals surface area (Å²) < 4.78 is 11.6. The highest BCUT2D eigenvalue weighted by Crippen LogP contribution is 2.23. The van der Waals surface area contributed by atoms with Gasteiger partial charge in [0.15, 0.2) is 0 Å². The van der Waals surface area contributed by atoms with Crippen LogP contribution in [-0.4, -0.2) is 19.1 Å². The molecule has 2 rings (SSSR count). The first kappa shape index (κ1) is 18.8. The Morgan fingerprint density at radius 2 is 1.92 bits per heavy atom. The molecule has 0 saturated heterocycles. The number of benzene rings is 2. The van der Waals surface area contributed by atoms with Gasteiger partial charge in [-0.2, -0.15) is 0 Å². The smallest absolute Gasteiger partial charge is 0.251 e. The van der Waals surface area contributed by atoms with Crippen molar-refractivity contribution in [3.8, 4) is 11.5 Å². The fourth-order valence-electron chi connectivity index (χ4n) is 2.39. The molecule has 134 valence electrons. The average molecular weight is 341 g/mol. The predicted octanol–water partition coefficient (Wildman–Crippen LogP) is 4.36. The van der Waals surface area contributed by atoms with Crippen LogP contribution in [0.4, 0.5) is 0 Å². The van der Waals surface area contributed by atoms with Crippen LogP contribution < -0.4 is 14.8 Å². The van der Waals surface area contributed by atoms with Crippen molar-refractivity contribution in [1.82, 2.24) is 5.32 Å². The van der Waals surface area contributed by atoms with E-state index in [1.807, 2.05) is 50.2 Å². The highest BCUT2D eigenvalue weighted by Gasteiger charge is 2.11. The minimum atomic E-state index is -0.0754. The number of nitrogens with one attached hydrogen (secondary N) is 1. The molecule has 0 aliphatic rings. The van der Waals surface area contributed by atoms with Crippen molar-refractivity contribution in [2.24, 2.45) is 5.92 Å². The van der Waals surface area contributed by atoms with Crippen LogP contribution in [0.5, 0.6) is 11.5 Å². The molecular weight excluding hydrogens is 314 g/mol. The summed E-state index contributed by atoms with van der Waals surface area (Å²) in [7, 11) is 0. The number of rotatable bonds is 8. The molecule has 0 aliphatic heterocycles. The maximum atomic E-state index is 12.3. The second kappa shape index (κ2) is 9.11. The minimum absolute atomic E-state index is 0.0754. The molecule has 1 N–H and O–H groups in total. The lowest BCUT2D eigenvalue weighted by Gasteiger charge is -2.14. The van der Waals surface area contributed by atoms with E-state index in [-0.39, 0.29) is 5.91 Å². The van der Waals surface area contributed by atoms with E-state index in [0.29, 0.717) is 31.2 Å². The summed E-state index contributed by atoms with van der Waals surface area (Å²) in [6.07, 6.45) is 0. The number of amides is 1. The maximum absolute atomic E-state index is 12.3. The van der Waals surface area contributed by atoms with Crippen molar-refractivity contribution < 1.29 is 14.3 Å². The Hall–Kier alpha value is -2.49. The van der Waals surface area contributed by atoms with Crippen molar-refractivity contribution >= 4 is 5.91 Å². The van der Waals surface area contributed by atoms with Crippen LogP contribution in [0.3, 0.4) is 0 Å². The van der Waals surface area contributed by atoms with E-state index in [9.17, 15) is 4.79 Å².